The summed E-state index contributed by atoms with van der Waals surface area (Å²) >= 11 is 0. The summed E-state index contributed by atoms with van der Waals surface area (Å²) in [4.78, 5) is 10.9. The number of carboxylic acid groups (broad SMARTS) is 1. The largest absolute Gasteiger partial charge is 0.506 e. The average molecular weight is 244 g/mol. The lowest BCUT2D eigenvalue weighted by molar-refractivity contribution is -0.261. The van der Waals surface area contributed by atoms with Crippen LogP contribution in [0.5, 0.6) is 0 Å². The third-order valence-electron chi connectivity index (χ3n) is 4.30. The van der Waals surface area contributed by atoms with E-state index in [1.807, 2.05) is 0 Å². The van der Waals surface area contributed by atoms with Gasteiger partial charge in [-0.05, 0) is 12.8 Å². The van der Waals surface area contributed by atoms with Crippen molar-refractivity contribution in [2.24, 2.45) is 10.8 Å². The first kappa shape index (κ1) is 12.6. The van der Waals surface area contributed by atoms with Crippen molar-refractivity contribution in [3.8, 4) is 0 Å². The summed E-state index contributed by atoms with van der Waals surface area (Å²) in [5.41, 5.74) is -0.309. The van der Waals surface area contributed by atoms with Crippen molar-refractivity contribution in [3.63, 3.8) is 0 Å². The molecule has 0 radical (unpaired) electrons. The highest BCUT2D eigenvalue weighted by Crippen LogP contribution is 2.49. The van der Waals surface area contributed by atoms with Crippen LogP contribution in [0.1, 0.15) is 26.7 Å². The zero-order chi connectivity index (χ0) is 12.5. The Morgan fingerprint density at radius 1 is 1.18 bits per heavy atom. The van der Waals surface area contributed by atoms with E-state index in [4.69, 9.17) is 19.3 Å². The fourth-order valence-corrected chi connectivity index (χ4v) is 2.81. The van der Waals surface area contributed by atoms with Gasteiger partial charge < -0.3 is 19.3 Å². The van der Waals surface area contributed by atoms with E-state index in [1.165, 1.54) is 0 Å². The van der Waals surface area contributed by atoms with Gasteiger partial charge in [-0.2, -0.15) is 0 Å². The molecule has 0 aromatic heterocycles. The molecule has 5 nitrogen and oxygen atoms in total. The molecule has 17 heavy (non-hydrogen) atoms. The lowest BCUT2D eigenvalue weighted by atomic mass is 9.63. The summed E-state index contributed by atoms with van der Waals surface area (Å²) in [5, 5.41) is 8.94. The number of hydrogen-bond acceptors (Lipinski definition) is 4. The van der Waals surface area contributed by atoms with Crippen molar-refractivity contribution in [1.82, 2.24) is 0 Å². The van der Waals surface area contributed by atoms with E-state index in [0.717, 1.165) is 12.8 Å². The quantitative estimate of drug-likeness (QED) is 0.748. The predicted octanol–water partition coefficient (Wildman–Crippen LogP) is 1.90. The molecule has 2 rings (SSSR count). The van der Waals surface area contributed by atoms with Crippen LogP contribution in [0.3, 0.4) is 0 Å². The van der Waals surface area contributed by atoms with Crippen molar-refractivity contribution >= 4 is 6.16 Å². The standard InChI is InChI=1S/C12H20O5/c1-3-11(5-15-6-11)9(17-10(13)14)12(4-2)7-16-8-12/h9H,3-8H2,1-2H3,(H,13,14). The first-order valence-electron chi connectivity index (χ1n) is 6.14. The molecule has 0 aromatic carbocycles. The van der Waals surface area contributed by atoms with Gasteiger partial charge in [0, 0.05) is 0 Å². The molecule has 98 valence electrons. The molecule has 0 bridgehead atoms. The summed E-state index contributed by atoms with van der Waals surface area (Å²) in [6.45, 7) is 6.46. The van der Waals surface area contributed by atoms with E-state index in [9.17, 15) is 4.79 Å². The van der Waals surface area contributed by atoms with Crippen LogP contribution in [0, 0.1) is 10.8 Å². The molecule has 0 atom stereocenters. The second-order valence-electron chi connectivity index (χ2n) is 5.18. The molecule has 2 aliphatic heterocycles. The summed E-state index contributed by atoms with van der Waals surface area (Å²) in [5.74, 6) is 0. The maximum atomic E-state index is 10.9. The average Bonchev–Trinajstić information content (AvgIpc) is 2.15. The van der Waals surface area contributed by atoms with Crippen molar-refractivity contribution in [1.29, 1.82) is 0 Å². The van der Waals surface area contributed by atoms with E-state index in [2.05, 4.69) is 13.8 Å². The Kier molecular flexibility index (Phi) is 3.32. The lowest BCUT2D eigenvalue weighted by Crippen LogP contribution is -2.64. The van der Waals surface area contributed by atoms with Gasteiger partial charge in [0.15, 0.2) is 0 Å². The Hall–Kier alpha value is -0.810. The van der Waals surface area contributed by atoms with E-state index in [1.54, 1.807) is 0 Å². The number of carbonyl (C=O) groups is 1. The van der Waals surface area contributed by atoms with Gasteiger partial charge in [-0.1, -0.05) is 13.8 Å². The normalized spacial score (nSPS) is 24.9. The fourth-order valence-electron chi connectivity index (χ4n) is 2.81. The Morgan fingerprint density at radius 2 is 1.59 bits per heavy atom. The van der Waals surface area contributed by atoms with Crippen molar-refractivity contribution in [2.45, 2.75) is 32.8 Å². The summed E-state index contributed by atoms with van der Waals surface area (Å²) < 4.78 is 15.8. The lowest BCUT2D eigenvalue weighted by Gasteiger charge is -2.55. The van der Waals surface area contributed by atoms with Gasteiger partial charge in [-0.3, -0.25) is 0 Å². The minimum absolute atomic E-state index is 0.155. The topological polar surface area (TPSA) is 65.0 Å². The molecule has 0 amide bonds. The molecule has 0 aliphatic carbocycles. The van der Waals surface area contributed by atoms with E-state index < -0.39 is 6.16 Å². The monoisotopic (exact) mass is 244 g/mol. The Labute approximate surface area is 101 Å². The van der Waals surface area contributed by atoms with Gasteiger partial charge in [-0.25, -0.2) is 4.79 Å². The molecule has 1 N–H and O–H groups in total. The molecular formula is C12H20O5. The van der Waals surface area contributed by atoms with Crippen LogP contribution in [-0.2, 0) is 14.2 Å². The third kappa shape index (κ3) is 1.91. The highest BCUT2D eigenvalue weighted by atomic mass is 16.7. The minimum Gasteiger partial charge on any atom is -0.450 e. The van der Waals surface area contributed by atoms with Gasteiger partial charge in [-0.15, -0.1) is 0 Å². The molecule has 2 fully saturated rings. The molecule has 0 unspecified atom stereocenters. The number of rotatable bonds is 5. The van der Waals surface area contributed by atoms with E-state index in [0.29, 0.717) is 26.4 Å². The molecule has 5 heteroatoms. The Balaban J connectivity index is 2.21. The maximum absolute atomic E-state index is 10.9. The smallest absolute Gasteiger partial charge is 0.450 e. The highest BCUT2D eigenvalue weighted by molar-refractivity contribution is 5.57. The van der Waals surface area contributed by atoms with Crippen molar-refractivity contribution < 1.29 is 24.1 Å². The van der Waals surface area contributed by atoms with Gasteiger partial charge in [0.05, 0.1) is 37.3 Å². The van der Waals surface area contributed by atoms with Crippen LogP contribution < -0.4 is 0 Å². The molecule has 2 saturated heterocycles. The Bertz CT molecular complexity index is 260. The van der Waals surface area contributed by atoms with Gasteiger partial charge >= 0.3 is 6.16 Å². The Morgan fingerprint density at radius 3 is 1.76 bits per heavy atom. The van der Waals surface area contributed by atoms with Crippen molar-refractivity contribution in [2.75, 3.05) is 26.4 Å². The predicted molar refractivity (Wildman–Crippen MR) is 60.0 cm³/mol. The zero-order valence-electron chi connectivity index (χ0n) is 10.4. The van der Waals surface area contributed by atoms with Gasteiger partial charge in [0.1, 0.15) is 6.10 Å². The van der Waals surface area contributed by atoms with Gasteiger partial charge in [0.2, 0.25) is 0 Å². The van der Waals surface area contributed by atoms with Gasteiger partial charge in [0.25, 0.3) is 0 Å². The van der Waals surface area contributed by atoms with Crippen LogP contribution in [0.25, 0.3) is 0 Å². The first-order chi connectivity index (χ1) is 8.08. The first-order valence-corrected chi connectivity index (χ1v) is 6.14. The number of hydrogen-bond donors (Lipinski definition) is 1. The second kappa shape index (κ2) is 4.46. The van der Waals surface area contributed by atoms with Crippen molar-refractivity contribution in [3.05, 3.63) is 0 Å². The van der Waals surface area contributed by atoms with Crippen LogP contribution in [0.15, 0.2) is 0 Å². The second-order valence-corrected chi connectivity index (χ2v) is 5.18. The summed E-state index contributed by atoms with van der Waals surface area (Å²) in [6.07, 6.45) is 0.221. The SMILES string of the molecule is CCC1(C(OC(=O)O)C2(CC)COC2)COC1. The highest BCUT2D eigenvalue weighted by Gasteiger charge is 2.58. The molecule has 0 aromatic rings. The summed E-state index contributed by atoms with van der Waals surface area (Å²) in [7, 11) is 0. The van der Waals surface area contributed by atoms with Crippen LogP contribution in [0.2, 0.25) is 0 Å². The van der Waals surface area contributed by atoms with E-state index in [-0.39, 0.29) is 16.9 Å². The van der Waals surface area contributed by atoms with Crippen LogP contribution >= 0.6 is 0 Å². The zero-order valence-corrected chi connectivity index (χ0v) is 10.4. The molecule has 2 heterocycles. The van der Waals surface area contributed by atoms with E-state index >= 15 is 0 Å². The molecule has 2 aliphatic rings. The molecular weight excluding hydrogens is 224 g/mol. The third-order valence-corrected chi connectivity index (χ3v) is 4.30. The summed E-state index contributed by atoms with van der Waals surface area (Å²) in [6, 6.07) is 0. The van der Waals surface area contributed by atoms with Crippen LogP contribution in [0.4, 0.5) is 4.79 Å². The maximum Gasteiger partial charge on any atom is 0.506 e. The van der Waals surface area contributed by atoms with Crippen LogP contribution in [-0.4, -0.2) is 43.8 Å². The number of ether oxygens (including phenoxy) is 3. The minimum atomic E-state index is -1.20. The molecule has 0 saturated carbocycles. The molecule has 0 spiro atoms. The fraction of sp³-hybridized carbons (Fsp3) is 0.917.